The van der Waals surface area contributed by atoms with Crippen LogP contribution in [0.3, 0.4) is 0 Å². The van der Waals surface area contributed by atoms with E-state index in [2.05, 4.69) is 10.4 Å². The Morgan fingerprint density at radius 1 is 1.29 bits per heavy atom. The van der Waals surface area contributed by atoms with Gasteiger partial charge >= 0.3 is 11.9 Å². The molecule has 10 nitrogen and oxygen atoms in total. The number of hydrogen-bond acceptors (Lipinski definition) is 7. The van der Waals surface area contributed by atoms with Crippen molar-refractivity contribution in [3.63, 3.8) is 0 Å². The molecule has 0 aromatic rings. The quantitative estimate of drug-likeness (QED) is 0.376. The second-order valence-electron chi connectivity index (χ2n) is 4.53. The first-order chi connectivity index (χ1) is 9.75. The third-order valence-electron chi connectivity index (χ3n) is 3.01. The highest BCUT2D eigenvalue weighted by molar-refractivity contribution is 6.08. The number of carboxylic acids is 2. The van der Waals surface area contributed by atoms with Gasteiger partial charge in [0.2, 0.25) is 0 Å². The molecule has 0 spiro atoms. The van der Waals surface area contributed by atoms with Crippen molar-refractivity contribution in [2.45, 2.75) is 18.6 Å². The molecule has 0 aliphatic carbocycles. The lowest BCUT2D eigenvalue weighted by Gasteiger charge is -2.17. The summed E-state index contributed by atoms with van der Waals surface area (Å²) in [7, 11) is 1.72. The molecule has 2 aliphatic heterocycles. The summed E-state index contributed by atoms with van der Waals surface area (Å²) >= 11 is 0. The van der Waals surface area contributed by atoms with Crippen LogP contribution in [0.1, 0.15) is 6.42 Å². The number of carbonyl (C=O) groups excluding carboxylic acids is 1. The Kier molecular flexibility index (Phi) is 5.76. The second-order valence-corrected chi connectivity index (χ2v) is 4.53. The summed E-state index contributed by atoms with van der Waals surface area (Å²) in [5.74, 6) is -3.37. The van der Waals surface area contributed by atoms with Gasteiger partial charge in [0.25, 0.3) is 5.91 Å². The highest BCUT2D eigenvalue weighted by Gasteiger charge is 2.34. The van der Waals surface area contributed by atoms with E-state index in [1.165, 1.54) is 5.01 Å². The number of nitrogens with one attached hydrogen (secondary N) is 1. The summed E-state index contributed by atoms with van der Waals surface area (Å²) in [4.78, 5) is 30.9. The maximum atomic E-state index is 11.3. The molecule has 21 heavy (non-hydrogen) atoms. The van der Waals surface area contributed by atoms with Crippen molar-refractivity contribution < 1.29 is 34.8 Å². The normalized spacial score (nSPS) is 23.4. The molecule has 5 N–H and O–H groups in total. The summed E-state index contributed by atoms with van der Waals surface area (Å²) in [6, 6.07) is 0. The van der Waals surface area contributed by atoms with Gasteiger partial charge in [0.15, 0.2) is 12.2 Å². The Balaban J connectivity index is 0.000000212. The molecule has 10 heteroatoms. The fourth-order valence-electron chi connectivity index (χ4n) is 1.84. The Labute approximate surface area is 119 Å². The first-order valence-corrected chi connectivity index (χ1v) is 6.13. The molecule has 0 aromatic heterocycles. The number of carbonyl (C=O) groups is 3. The van der Waals surface area contributed by atoms with E-state index in [-0.39, 0.29) is 11.8 Å². The van der Waals surface area contributed by atoms with E-state index in [0.29, 0.717) is 0 Å². The van der Waals surface area contributed by atoms with Gasteiger partial charge in [-0.05, 0) is 0 Å². The average molecular weight is 303 g/mol. The van der Waals surface area contributed by atoms with E-state index in [9.17, 15) is 14.4 Å². The van der Waals surface area contributed by atoms with Gasteiger partial charge in [0.05, 0.1) is 11.6 Å². The first kappa shape index (κ1) is 17.0. The zero-order chi connectivity index (χ0) is 16.2. The molecule has 118 valence electrons. The van der Waals surface area contributed by atoms with E-state index in [4.69, 9.17) is 20.4 Å². The molecule has 0 aromatic carbocycles. The van der Waals surface area contributed by atoms with Crippen LogP contribution in [-0.2, 0) is 14.4 Å². The summed E-state index contributed by atoms with van der Waals surface area (Å²) in [6.07, 6.45) is -3.62. The van der Waals surface area contributed by atoms with E-state index >= 15 is 0 Å². The van der Waals surface area contributed by atoms with Crippen LogP contribution in [0.5, 0.6) is 0 Å². The van der Waals surface area contributed by atoms with Crippen LogP contribution >= 0.6 is 0 Å². The molecule has 2 aliphatic rings. The molecule has 2 heterocycles. The highest BCUT2D eigenvalue weighted by atomic mass is 16.4. The van der Waals surface area contributed by atoms with E-state index in [0.717, 1.165) is 25.2 Å². The summed E-state index contributed by atoms with van der Waals surface area (Å²) in [6.45, 7) is 1.72. The van der Waals surface area contributed by atoms with Crippen molar-refractivity contribution in [1.29, 1.82) is 0 Å². The van der Waals surface area contributed by atoms with Crippen molar-refractivity contribution in [3.05, 3.63) is 0 Å². The summed E-state index contributed by atoms with van der Waals surface area (Å²) in [5.41, 5.74) is 1.05. The number of hydrogen-bond donors (Lipinski definition) is 5. The monoisotopic (exact) mass is 303 g/mol. The second kappa shape index (κ2) is 7.11. The number of amides is 1. The van der Waals surface area contributed by atoms with Gasteiger partial charge in [-0.1, -0.05) is 0 Å². The van der Waals surface area contributed by atoms with Gasteiger partial charge in [-0.15, -0.1) is 0 Å². The minimum absolute atomic E-state index is 0.0359. The van der Waals surface area contributed by atoms with Gasteiger partial charge in [-0.25, -0.2) is 14.6 Å². The predicted molar refractivity (Wildman–Crippen MR) is 68.5 cm³/mol. The Morgan fingerprint density at radius 2 is 1.81 bits per heavy atom. The third-order valence-corrected chi connectivity index (χ3v) is 3.01. The van der Waals surface area contributed by atoms with Gasteiger partial charge in [-0.2, -0.15) is 5.10 Å². The van der Waals surface area contributed by atoms with E-state index in [1.54, 1.807) is 7.05 Å². The maximum absolute atomic E-state index is 11.3. The highest BCUT2D eigenvalue weighted by Crippen LogP contribution is 2.17. The fourth-order valence-corrected chi connectivity index (χ4v) is 1.84. The lowest BCUT2D eigenvalue weighted by molar-refractivity contribution is -0.165. The van der Waals surface area contributed by atoms with Crippen LogP contribution in [0.2, 0.25) is 0 Å². The molecular weight excluding hydrogens is 286 g/mol. The number of fused-ring (bicyclic) bond motifs is 1. The summed E-state index contributed by atoms with van der Waals surface area (Å²) < 4.78 is 0. The molecule has 0 bridgehead atoms. The zero-order valence-corrected chi connectivity index (χ0v) is 11.3. The Hall–Kier alpha value is -2.04. The standard InChI is InChI=1S/C7H11N3O.C4H6O6/c1-10-7(11)5-4-8-3-2-6(5)9-10;5-1(3(7)8)2(6)4(9)10/h5,8H,2-4H2,1H3;1-2,5-6H,(H,7,8)(H,9,10)/t;1-,2-/m.1/s1. The van der Waals surface area contributed by atoms with Gasteiger partial charge in [0.1, 0.15) is 0 Å². The number of rotatable bonds is 3. The molecule has 1 amide bonds. The van der Waals surface area contributed by atoms with Crippen LogP contribution in [0, 0.1) is 5.92 Å². The fraction of sp³-hybridized carbons (Fsp3) is 0.636. The number of aliphatic hydroxyl groups is 2. The average Bonchev–Trinajstić information content (AvgIpc) is 2.73. The number of piperidine rings is 1. The van der Waals surface area contributed by atoms with Crippen LogP contribution in [-0.4, -0.2) is 81.3 Å². The Morgan fingerprint density at radius 3 is 2.24 bits per heavy atom. The molecule has 0 saturated carbocycles. The number of aliphatic hydroxyl groups excluding tert-OH is 2. The molecular formula is C11H17N3O7. The lowest BCUT2D eigenvalue weighted by atomic mass is 9.98. The van der Waals surface area contributed by atoms with Crippen molar-refractivity contribution >= 4 is 23.6 Å². The molecule has 1 saturated heterocycles. The predicted octanol–water partition coefficient (Wildman–Crippen LogP) is -2.70. The largest absolute Gasteiger partial charge is 0.479 e. The van der Waals surface area contributed by atoms with Gasteiger partial charge < -0.3 is 25.7 Å². The number of aliphatic carboxylic acids is 2. The van der Waals surface area contributed by atoms with Crippen LogP contribution in [0.4, 0.5) is 0 Å². The van der Waals surface area contributed by atoms with Gasteiger partial charge in [0, 0.05) is 26.6 Å². The minimum Gasteiger partial charge on any atom is -0.479 e. The number of nitrogens with zero attached hydrogens (tertiary/aromatic N) is 2. The molecule has 2 rings (SSSR count). The van der Waals surface area contributed by atoms with Crippen LogP contribution < -0.4 is 5.32 Å². The number of hydrazone groups is 1. The lowest BCUT2D eigenvalue weighted by Crippen LogP contribution is -2.39. The smallest absolute Gasteiger partial charge is 0.335 e. The topological polar surface area (TPSA) is 160 Å². The number of carboxylic acid groups (broad SMARTS) is 2. The van der Waals surface area contributed by atoms with Crippen LogP contribution in [0.25, 0.3) is 0 Å². The maximum Gasteiger partial charge on any atom is 0.335 e. The SMILES string of the molecule is CN1N=C2CCNCC2C1=O.O=C(O)[C@H](O)[C@@H](O)C(=O)O. The minimum atomic E-state index is -2.27. The van der Waals surface area contributed by atoms with E-state index in [1.807, 2.05) is 0 Å². The molecule has 0 radical (unpaired) electrons. The van der Waals surface area contributed by atoms with E-state index < -0.39 is 24.1 Å². The molecule has 3 atom stereocenters. The first-order valence-electron chi connectivity index (χ1n) is 6.13. The van der Waals surface area contributed by atoms with Crippen LogP contribution in [0.15, 0.2) is 5.10 Å². The Bertz CT molecular complexity index is 447. The van der Waals surface area contributed by atoms with Crippen molar-refractivity contribution in [3.8, 4) is 0 Å². The van der Waals surface area contributed by atoms with Crippen molar-refractivity contribution in [2.75, 3.05) is 20.1 Å². The molecule has 1 unspecified atom stereocenters. The van der Waals surface area contributed by atoms with Crippen molar-refractivity contribution in [2.24, 2.45) is 11.0 Å². The van der Waals surface area contributed by atoms with Crippen molar-refractivity contribution in [1.82, 2.24) is 10.3 Å². The van der Waals surface area contributed by atoms with Gasteiger partial charge in [-0.3, -0.25) is 4.79 Å². The zero-order valence-electron chi connectivity index (χ0n) is 11.3. The molecule has 1 fully saturated rings. The third kappa shape index (κ3) is 4.21. The summed E-state index contributed by atoms with van der Waals surface area (Å²) in [5, 5.41) is 41.3.